The van der Waals surface area contributed by atoms with Crippen molar-refractivity contribution in [2.45, 2.75) is 38.7 Å². The monoisotopic (exact) mass is 433 g/mol. The number of aromatic nitrogens is 1. The van der Waals surface area contributed by atoms with Crippen LogP contribution in [0.1, 0.15) is 38.3 Å². The number of aldehydes is 1. The second kappa shape index (κ2) is 8.61. The zero-order chi connectivity index (χ0) is 22.2. The third kappa shape index (κ3) is 3.89. The Labute approximate surface area is 187 Å². The molecule has 5 rings (SSSR count). The standard InChI is InChI=1S/C27H28FNO3/c1-16-26-24(23-9-5-17(15-30)11-20(23)13-25(26)27(31)32-16)10-8-22-7-6-19(14-29-22)18-3-2-4-21(28)12-18/h2-4,6-8,10,12,14-17,20,23-26H,5,9,11,13H2,1H3/t16-,17-,20+,23-,24+,25-,26+/m1/s1. The Morgan fingerprint density at radius 3 is 2.75 bits per heavy atom. The average Bonchev–Trinajstić information content (AvgIpc) is 3.09. The molecular formula is C27H28FNO3. The Morgan fingerprint density at radius 1 is 1.12 bits per heavy atom. The lowest BCUT2D eigenvalue weighted by Gasteiger charge is -2.46. The predicted molar refractivity (Wildman–Crippen MR) is 120 cm³/mol. The van der Waals surface area contributed by atoms with E-state index in [2.05, 4.69) is 11.1 Å². The van der Waals surface area contributed by atoms with Crippen molar-refractivity contribution in [3.05, 3.63) is 60.2 Å². The second-order valence-electron chi connectivity index (χ2n) is 9.61. The minimum atomic E-state index is -0.264. The third-order valence-corrected chi connectivity index (χ3v) is 7.81. The van der Waals surface area contributed by atoms with E-state index in [4.69, 9.17) is 4.74 Å². The molecule has 32 heavy (non-hydrogen) atoms. The fourth-order valence-electron chi connectivity index (χ4n) is 6.33. The van der Waals surface area contributed by atoms with Crippen LogP contribution >= 0.6 is 0 Å². The van der Waals surface area contributed by atoms with Gasteiger partial charge in [-0.2, -0.15) is 0 Å². The molecule has 166 valence electrons. The van der Waals surface area contributed by atoms with E-state index < -0.39 is 0 Å². The van der Waals surface area contributed by atoms with Gasteiger partial charge in [0.15, 0.2) is 0 Å². The molecule has 0 radical (unpaired) electrons. The number of hydrogen-bond donors (Lipinski definition) is 0. The number of benzene rings is 1. The van der Waals surface area contributed by atoms with Crippen molar-refractivity contribution in [2.24, 2.45) is 35.5 Å². The van der Waals surface area contributed by atoms with Gasteiger partial charge < -0.3 is 9.53 Å². The van der Waals surface area contributed by atoms with Gasteiger partial charge in [0.1, 0.15) is 18.2 Å². The highest BCUT2D eigenvalue weighted by molar-refractivity contribution is 5.75. The maximum absolute atomic E-state index is 13.5. The van der Waals surface area contributed by atoms with Crippen LogP contribution in [0.15, 0.2) is 48.7 Å². The molecule has 2 heterocycles. The van der Waals surface area contributed by atoms with Gasteiger partial charge in [0.2, 0.25) is 0 Å². The van der Waals surface area contributed by atoms with Crippen LogP contribution in [0.25, 0.3) is 17.2 Å². The molecule has 1 aliphatic heterocycles. The van der Waals surface area contributed by atoms with Gasteiger partial charge in [-0.15, -0.1) is 0 Å². The van der Waals surface area contributed by atoms with Crippen LogP contribution in [0.3, 0.4) is 0 Å². The largest absolute Gasteiger partial charge is 0.462 e. The number of esters is 1. The van der Waals surface area contributed by atoms with E-state index in [0.717, 1.165) is 48.8 Å². The molecule has 2 aromatic rings. The Balaban J connectivity index is 1.39. The Kier molecular flexibility index (Phi) is 5.66. The van der Waals surface area contributed by atoms with Crippen LogP contribution < -0.4 is 0 Å². The van der Waals surface area contributed by atoms with E-state index in [0.29, 0.717) is 11.8 Å². The first kappa shape index (κ1) is 21.0. The van der Waals surface area contributed by atoms with Crippen LogP contribution in [0.5, 0.6) is 0 Å². The number of nitrogens with zero attached hydrogens (tertiary/aromatic N) is 1. The summed E-state index contributed by atoms with van der Waals surface area (Å²) in [6, 6.07) is 10.4. The zero-order valence-corrected chi connectivity index (χ0v) is 18.2. The number of ether oxygens (including phenoxy) is 1. The van der Waals surface area contributed by atoms with E-state index in [-0.39, 0.29) is 41.6 Å². The normalized spacial score (nSPS) is 34.1. The van der Waals surface area contributed by atoms with E-state index in [1.807, 2.05) is 31.2 Å². The molecule has 1 saturated heterocycles. The number of hydrogen-bond acceptors (Lipinski definition) is 4. The lowest BCUT2D eigenvalue weighted by molar-refractivity contribution is -0.144. The Morgan fingerprint density at radius 2 is 2.00 bits per heavy atom. The zero-order valence-electron chi connectivity index (χ0n) is 18.2. The highest BCUT2D eigenvalue weighted by Gasteiger charge is 2.54. The molecule has 1 aromatic heterocycles. The molecule has 0 spiro atoms. The molecule has 2 saturated carbocycles. The molecular weight excluding hydrogens is 405 g/mol. The maximum atomic E-state index is 13.5. The van der Waals surface area contributed by atoms with Crippen molar-refractivity contribution < 1.29 is 18.7 Å². The van der Waals surface area contributed by atoms with E-state index in [1.54, 1.807) is 12.3 Å². The first-order chi connectivity index (χ1) is 15.5. The minimum Gasteiger partial charge on any atom is -0.462 e. The molecule has 1 aromatic carbocycles. The summed E-state index contributed by atoms with van der Waals surface area (Å²) in [5.74, 6) is 0.962. The van der Waals surface area contributed by atoms with Crippen LogP contribution in [0, 0.1) is 41.3 Å². The van der Waals surface area contributed by atoms with Gasteiger partial charge in [-0.25, -0.2) is 4.39 Å². The van der Waals surface area contributed by atoms with Gasteiger partial charge in [0.25, 0.3) is 0 Å². The van der Waals surface area contributed by atoms with Crippen molar-refractivity contribution in [3.8, 4) is 11.1 Å². The summed E-state index contributed by atoms with van der Waals surface area (Å²) in [4.78, 5) is 28.5. The third-order valence-electron chi connectivity index (χ3n) is 7.81. The van der Waals surface area contributed by atoms with Crippen LogP contribution in [0.4, 0.5) is 4.39 Å². The van der Waals surface area contributed by atoms with Crippen LogP contribution in [-0.2, 0) is 14.3 Å². The van der Waals surface area contributed by atoms with Crippen molar-refractivity contribution in [1.29, 1.82) is 0 Å². The molecule has 3 fully saturated rings. The number of fused-ring (bicyclic) bond motifs is 2. The summed E-state index contributed by atoms with van der Waals surface area (Å²) in [5, 5.41) is 0. The molecule has 0 bridgehead atoms. The van der Waals surface area contributed by atoms with E-state index >= 15 is 0 Å². The predicted octanol–water partition coefficient (Wildman–Crippen LogP) is 5.33. The molecule has 0 amide bonds. The van der Waals surface area contributed by atoms with Crippen LogP contribution in [-0.4, -0.2) is 23.3 Å². The number of carbonyl (C=O) groups is 2. The smallest absolute Gasteiger partial charge is 0.309 e. The van der Waals surface area contributed by atoms with Crippen molar-refractivity contribution in [3.63, 3.8) is 0 Å². The first-order valence-electron chi connectivity index (χ1n) is 11.6. The molecule has 5 heteroatoms. The SMILES string of the molecule is C[C@H]1OC(=O)[C@@H]2C[C@@H]3C[C@H](C=O)CC[C@H]3[C@H](C=Cc3ccc(-c4cccc(F)c4)cn3)[C@H]12. The van der Waals surface area contributed by atoms with E-state index in [9.17, 15) is 14.0 Å². The van der Waals surface area contributed by atoms with E-state index in [1.165, 1.54) is 12.1 Å². The van der Waals surface area contributed by atoms with Crippen molar-refractivity contribution >= 4 is 18.3 Å². The molecule has 0 unspecified atom stereocenters. The summed E-state index contributed by atoms with van der Waals surface area (Å²) in [5.41, 5.74) is 2.51. The lowest BCUT2D eigenvalue weighted by atomic mass is 9.56. The van der Waals surface area contributed by atoms with Crippen molar-refractivity contribution in [2.75, 3.05) is 0 Å². The summed E-state index contributed by atoms with van der Waals surface area (Å²) in [6.45, 7) is 2.01. The summed E-state index contributed by atoms with van der Waals surface area (Å²) in [7, 11) is 0. The fraction of sp³-hybridized carbons (Fsp3) is 0.444. The van der Waals surface area contributed by atoms with Gasteiger partial charge in [0.05, 0.1) is 11.6 Å². The number of rotatable bonds is 4. The Bertz CT molecular complexity index is 1030. The summed E-state index contributed by atoms with van der Waals surface area (Å²) in [6.07, 6.45) is 10.7. The van der Waals surface area contributed by atoms with Gasteiger partial charge in [0, 0.05) is 23.6 Å². The number of pyridine rings is 1. The van der Waals surface area contributed by atoms with Gasteiger partial charge in [-0.05, 0) is 80.2 Å². The number of allylic oxidation sites excluding steroid dienone is 1. The average molecular weight is 434 g/mol. The molecule has 3 aliphatic rings. The van der Waals surface area contributed by atoms with Crippen LogP contribution in [0.2, 0.25) is 0 Å². The number of halogens is 1. The second-order valence-corrected chi connectivity index (χ2v) is 9.61. The number of cyclic esters (lactones) is 1. The highest BCUT2D eigenvalue weighted by Crippen LogP contribution is 2.54. The molecule has 4 nitrogen and oxygen atoms in total. The minimum absolute atomic E-state index is 0.0744. The maximum Gasteiger partial charge on any atom is 0.309 e. The topological polar surface area (TPSA) is 56.3 Å². The fourth-order valence-corrected chi connectivity index (χ4v) is 6.33. The van der Waals surface area contributed by atoms with Gasteiger partial charge >= 0.3 is 5.97 Å². The molecule has 7 atom stereocenters. The quantitative estimate of drug-likeness (QED) is 0.483. The lowest BCUT2D eigenvalue weighted by Crippen LogP contribution is -2.44. The molecule has 0 N–H and O–H groups in total. The highest BCUT2D eigenvalue weighted by atomic mass is 19.1. The van der Waals surface area contributed by atoms with Gasteiger partial charge in [-0.3, -0.25) is 9.78 Å². The molecule has 2 aliphatic carbocycles. The summed E-state index contributed by atoms with van der Waals surface area (Å²) >= 11 is 0. The summed E-state index contributed by atoms with van der Waals surface area (Å²) < 4.78 is 19.2. The van der Waals surface area contributed by atoms with Gasteiger partial charge in [-0.1, -0.05) is 24.3 Å². The first-order valence-corrected chi connectivity index (χ1v) is 11.6. The van der Waals surface area contributed by atoms with Crippen molar-refractivity contribution in [1.82, 2.24) is 4.98 Å². The number of carbonyl (C=O) groups excluding carboxylic acids is 2. The Hall–Kier alpha value is -2.82.